The van der Waals surface area contributed by atoms with E-state index in [0.717, 1.165) is 10.2 Å². The summed E-state index contributed by atoms with van der Waals surface area (Å²) < 4.78 is 7.54. The Morgan fingerprint density at radius 1 is 1.47 bits per heavy atom. The first kappa shape index (κ1) is 11.9. The van der Waals surface area contributed by atoms with Crippen molar-refractivity contribution in [3.63, 3.8) is 0 Å². The van der Waals surface area contributed by atoms with E-state index >= 15 is 0 Å². The molecular formula is C12H11BrN2O2. The average molecular weight is 295 g/mol. The molecule has 2 aromatic rings. The van der Waals surface area contributed by atoms with Crippen LogP contribution in [0.15, 0.2) is 45.9 Å². The van der Waals surface area contributed by atoms with Gasteiger partial charge in [0.2, 0.25) is 0 Å². The van der Waals surface area contributed by atoms with Gasteiger partial charge < -0.3 is 9.30 Å². The van der Waals surface area contributed by atoms with Crippen molar-refractivity contribution in [3.8, 4) is 5.75 Å². The second kappa shape index (κ2) is 5.14. The minimum atomic E-state index is -0.0768. The van der Waals surface area contributed by atoms with Crippen LogP contribution < -0.4 is 10.3 Å². The van der Waals surface area contributed by atoms with Crippen LogP contribution in [0.3, 0.4) is 0 Å². The van der Waals surface area contributed by atoms with Crippen molar-refractivity contribution < 1.29 is 4.74 Å². The third-order valence-corrected chi connectivity index (χ3v) is 2.84. The first-order chi connectivity index (χ1) is 8.20. The lowest BCUT2D eigenvalue weighted by atomic mass is 10.3. The Hall–Kier alpha value is -1.62. The van der Waals surface area contributed by atoms with Gasteiger partial charge in [-0.1, -0.05) is 15.9 Å². The molecule has 0 bridgehead atoms. The molecule has 0 atom stereocenters. The van der Waals surface area contributed by atoms with Crippen molar-refractivity contribution in [1.82, 2.24) is 9.55 Å². The Balaban J connectivity index is 2.35. The number of hydrogen-bond donors (Lipinski definition) is 0. The van der Waals surface area contributed by atoms with Crippen LogP contribution in [0.4, 0.5) is 0 Å². The lowest BCUT2D eigenvalue weighted by Gasteiger charge is -2.08. The number of nitrogens with zero attached hydrogens (tertiary/aromatic N) is 2. The molecule has 2 aromatic heterocycles. The third kappa shape index (κ3) is 2.74. The first-order valence-electron chi connectivity index (χ1n) is 5.04. The van der Waals surface area contributed by atoms with Crippen LogP contribution in [-0.4, -0.2) is 16.7 Å². The zero-order valence-electron chi connectivity index (χ0n) is 9.26. The number of aromatic nitrogens is 2. The number of methoxy groups -OCH3 is 1. The van der Waals surface area contributed by atoms with E-state index in [1.54, 1.807) is 30.1 Å². The number of rotatable bonds is 3. The van der Waals surface area contributed by atoms with E-state index in [-0.39, 0.29) is 5.56 Å². The minimum absolute atomic E-state index is 0.0768. The zero-order chi connectivity index (χ0) is 12.3. The predicted molar refractivity (Wildman–Crippen MR) is 68.3 cm³/mol. The maximum atomic E-state index is 11.7. The molecule has 2 heterocycles. The Morgan fingerprint density at radius 2 is 2.29 bits per heavy atom. The summed E-state index contributed by atoms with van der Waals surface area (Å²) in [6, 6.07) is 6.96. The summed E-state index contributed by atoms with van der Waals surface area (Å²) in [7, 11) is 1.59. The summed E-state index contributed by atoms with van der Waals surface area (Å²) in [6.45, 7) is 0.399. The van der Waals surface area contributed by atoms with Crippen LogP contribution in [0.25, 0.3) is 0 Å². The van der Waals surface area contributed by atoms with Gasteiger partial charge in [-0.15, -0.1) is 0 Å². The van der Waals surface area contributed by atoms with Gasteiger partial charge in [0.05, 0.1) is 13.7 Å². The van der Waals surface area contributed by atoms with Crippen LogP contribution in [0.2, 0.25) is 0 Å². The Morgan fingerprint density at radius 3 is 3.00 bits per heavy atom. The molecule has 5 heteroatoms. The van der Waals surface area contributed by atoms with Gasteiger partial charge in [-0.05, 0) is 18.2 Å². The van der Waals surface area contributed by atoms with Gasteiger partial charge >= 0.3 is 0 Å². The van der Waals surface area contributed by atoms with Crippen molar-refractivity contribution in [1.29, 1.82) is 0 Å². The monoisotopic (exact) mass is 294 g/mol. The molecule has 0 N–H and O–H groups in total. The number of hydrogen-bond acceptors (Lipinski definition) is 3. The van der Waals surface area contributed by atoms with E-state index in [2.05, 4.69) is 20.9 Å². The molecule has 0 saturated carbocycles. The molecule has 0 unspecified atom stereocenters. The molecular weight excluding hydrogens is 284 g/mol. The van der Waals surface area contributed by atoms with E-state index in [9.17, 15) is 4.79 Å². The highest BCUT2D eigenvalue weighted by molar-refractivity contribution is 9.10. The molecule has 0 radical (unpaired) electrons. The van der Waals surface area contributed by atoms with Crippen molar-refractivity contribution in [2.45, 2.75) is 6.54 Å². The fourth-order valence-electron chi connectivity index (χ4n) is 1.50. The van der Waals surface area contributed by atoms with Gasteiger partial charge in [0.1, 0.15) is 11.4 Å². The summed E-state index contributed by atoms with van der Waals surface area (Å²) >= 11 is 3.26. The Kier molecular flexibility index (Phi) is 3.58. The number of pyridine rings is 2. The van der Waals surface area contributed by atoms with Crippen molar-refractivity contribution >= 4 is 15.9 Å². The van der Waals surface area contributed by atoms with Crippen LogP contribution in [0, 0.1) is 0 Å². The van der Waals surface area contributed by atoms with Gasteiger partial charge in [0.25, 0.3) is 5.56 Å². The van der Waals surface area contributed by atoms with Gasteiger partial charge in [-0.25, -0.2) is 0 Å². The van der Waals surface area contributed by atoms with Crippen LogP contribution >= 0.6 is 15.9 Å². The fraction of sp³-hybridized carbons (Fsp3) is 0.167. The maximum absolute atomic E-state index is 11.7. The SMILES string of the molecule is COc1cccnc1Cn1ccc(Br)cc1=O. The molecule has 4 nitrogen and oxygen atoms in total. The van der Waals surface area contributed by atoms with E-state index in [4.69, 9.17) is 4.74 Å². The Labute approximate surface area is 107 Å². The normalized spacial score (nSPS) is 10.2. The molecule has 0 spiro atoms. The standard InChI is InChI=1S/C12H11BrN2O2/c1-17-11-3-2-5-14-10(11)8-15-6-4-9(13)7-12(15)16/h2-7H,8H2,1H3. The molecule has 0 aliphatic carbocycles. The lowest BCUT2D eigenvalue weighted by molar-refractivity contribution is 0.405. The van der Waals surface area contributed by atoms with Crippen LogP contribution in [0.1, 0.15) is 5.69 Å². The lowest BCUT2D eigenvalue weighted by Crippen LogP contribution is -2.19. The van der Waals surface area contributed by atoms with Crippen LogP contribution in [0.5, 0.6) is 5.75 Å². The smallest absolute Gasteiger partial charge is 0.252 e. The first-order valence-corrected chi connectivity index (χ1v) is 5.84. The molecule has 88 valence electrons. The van der Waals surface area contributed by atoms with Gasteiger partial charge in [-0.3, -0.25) is 9.78 Å². The molecule has 0 fully saturated rings. The zero-order valence-corrected chi connectivity index (χ0v) is 10.8. The Bertz CT molecular complexity index is 581. The number of halogens is 1. The summed E-state index contributed by atoms with van der Waals surface area (Å²) in [5.74, 6) is 0.683. The summed E-state index contributed by atoms with van der Waals surface area (Å²) in [5.41, 5.74) is 0.659. The van der Waals surface area contributed by atoms with Crippen molar-refractivity contribution in [2.75, 3.05) is 7.11 Å². The molecule has 0 amide bonds. The predicted octanol–water partition coefficient (Wildman–Crippen LogP) is 2.06. The molecule has 2 rings (SSSR count). The summed E-state index contributed by atoms with van der Waals surface area (Å²) in [6.07, 6.45) is 3.41. The van der Waals surface area contributed by atoms with Gasteiger partial charge in [0, 0.05) is 22.9 Å². The summed E-state index contributed by atoms with van der Waals surface area (Å²) in [5, 5.41) is 0. The molecule has 17 heavy (non-hydrogen) atoms. The quantitative estimate of drug-likeness (QED) is 0.870. The van der Waals surface area contributed by atoms with Gasteiger partial charge in [0.15, 0.2) is 0 Å². The van der Waals surface area contributed by atoms with Crippen molar-refractivity contribution in [3.05, 3.63) is 57.2 Å². The van der Waals surface area contributed by atoms with E-state index in [0.29, 0.717) is 12.3 Å². The highest BCUT2D eigenvalue weighted by Gasteiger charge is 2.05. The number of ether oxygens (including phenoxy) is 1. The highest BCUT2D eigenvalue weighted by atomic mass is 79.9. The molecule has 0 aliphatic heterocycles. The summed E-state index contributed by atoms with van der Waals surface area (Å²) in [4.78, 5) is 15.9. The van der Waals surface area contributed by atoms with Crippen LogP contribution in [-0.2, 0) is 6.54 Å². The molecule has 0 aliphatic rings. The van der Waals surface area contributed by atoms with E-state index in [1.807, 2.05) is 12.1 Å². The largest absolute Gasteiger partial charge is 0.495 e. The second-order valence-corrected chi connectivity index (χ2v) is 4.38. The topological polar surface area (TPSA) is 44.1 Å². The highest BCUT2D eigenvalue weighted by Crippen LogP contribution is 2.15. The minimum Gasteiger partial charge on any atom is -0.495 e. The maximum Gasteiger partial charge on any atom is 0.252 e. The average Bonchev–Trinajstić information content (AvgIpc) is 2.33. The second-order valence-electron chi connectivity index (χ2n) is 3.46. The van der Waals surface area contributed by atoms with Gasteiger partial charge in [-0.2, -0.15) is 0 Å². The molecule has 0 saturated heterocycles. The van der Waals surface area contributed by atoms with Crippen molar-refractivity contribution in [2.24, 2.45) is 0 Å². The van der Waals surface area contributed by atoms with E-state index < -0.39 is 0 Å². The van der Waals surface area contributed by atoms with E-state index in [1.165, 1.54) is 6.07 Å². The third-order valence-electron chi connectivity index (χ3n) is 2.35. The fourth-order valence-corrected chi connectivity index (χ4v) is 1.82. The molecule has 0 aromatic carbocycles.